The summed E-state index contributed by atoms with van der Waals surface area (Å²) in [5.41, 5.74) is -2.76. The summed E-state index contributed by atoms with van der Waals surface area (Å²) in [6, 6.07) is 3.54. The molecule has 0 aromatic heterocycles. The van der Waals surface area contributed by atoms with Crippen molar-refractivity contribution in [1.82, 2.24) is 10.6 Å². The zero-order chi connectivity index (χ0) is 19.7. The van der Waals surface area contributed by atoms with E-state index in [-0.39, 0.29) is 12.2 Å². The molecule has 0 saturated carbocycles. The number of benzene rings is 1. The summed E-state index contributed by atoms with van der Waals surface area (Å²) in [6.45, 7) is 1.25. The standard InChI is InChI=1S/C16H20F3N3O4/c1-4-26-13(23)11-12(9-5-7-10(8-6-9)22(2)3)20-14(24)21-15(11,25)16(17,18)19/h5-8,11-12,25H,4H2,1-3H3,(H2,20,21,24)/t11-,12+,15-/m0/s1. The van der Waals surface area contributed by atoms with Gasteiger partial charge in [0.2, 0.25) is 0 Å². The minimum absolute atomic E-state index is 0.177. The quantitative estimate of drug-likeness (QED) is 0.695. The number of hydrogen-bond donors (Lipinski definition) is 3. The Morgan fingerprint density at radius 1 is 1.31 bits per heavy atom. The minimum atomic E-state index is -5.29. The lowest BCUT2D eigenvalue weighted by molar-refractivity contribution is -0.294. The first-order valence-electron chi connectivity index (χ1n) is 7.83. The summed E-state index contributed by atoms with van der Waals surface area (Å²) >= 11 is 0. The molecule has 3 atom stereocenters. The van der Waals surface area contributed by atoms with Gasteiger partial charge in [-0.15, -0.1) is 0 Å². The molecule has 2 rings (SSSR count). The van der Waals surface area contributed by atoms with E-state index in [4.69, 9.17) is 4.74 Å². The van der Waals surface area contributed by atoms with E-state index in [1.54, 1.807) is 31.1 Å². The van der Waals surface area contributed by atoms with Crippen molar-refractivity contribution in [3.63, 3.8) is 0 Å². The lowest BCUT2D eigenvalue weighted by Gasteiger charge is -2.44. The molecule has 0 aliphatic carbocycles. The highest BCUT2D eigenvalue weighted by Crippen LogP contribution is 2.43. The Kier molecular flexibility index (Phi) is 5.36. The Hall–Kier alpha value is -2.49. The van der Waals surface area contributed by atoms with Crippen LogP contribution in [0.3, 0.4) is 0 Å². The number of alkyl halides is 3. The topological polar surface area (TPSA) is 90.9 Å². The molecule has 26 heavy (non-hydrogen) atoms. The molecule has 10 heteroatoms. The summed E-state index contributed by atoms with van der Waals surface area (Å²) in [5, 5.41) is 13.9. The molecule has 0 spiro atoms. The van der Waals surface area contributed by atoms with Crippen LogP contribution in [0.2, 0.25) is 0 Å². The van der Waals surface area contributed by atoms with Crippen molar-refractivity contribution < 1.29 is 32.6 Å². The number of ether oxygens (including phenoxy) is 1. The molecule has 1 fully saturated rings. The fourth-order valence-corrected chi connectivity index (χ4v) is 2.79. The molecule has 1 aliphatic rings. The van der Waals surface area contributed by atoms with E-state index in [0.717, 1.165) is 5.69 Å². The van der Waals surface area contributed by atoms with Crippen LogP contribution >= 0.6 is 0 Å². The number of hydrogen-bond acceptors (Lipinski definition) is 5. The Bertz CT molecular complexity index is 678. The van der Waals surface area contributed by atoms with Crippen LogP contribution in [0.25, 0.3) is 0 Å². The first-order valence-corrected chi connectivity index (χ1v) is 7.83. The maximum Gasteiger partial charge on any atom is 0.437 e. The Balaban J connectivity index is 2.52. The maximum atomic E-state index is 13.5. The van der Waals surface area contributed by atoms with Crippen LogP contribution in [-0.4, -0.2) is 49.7 Å². The molecule has 1 aromatic carbocycles. The highest BCUT2D eigenvalue weighted by molar-refractivity contribution is 5.83. The Labute approximate surface area is 148 Å². The number of amides is 2. The Morgan fingerprint density at radius 2 is 1.88 bits per heavy atom. The van der Waals surface area contributed by atoms with Crippen molar-refractivity contribution in [3.05, 3.63) is 29.8 Å². The fraction of sp³-hybridized carbons (Fsp3) is 0.500. The lowest BCUT2D eigenvalue weighted by Crippen LogP contribution is -2.73. The summed E-state index contributed by atoms with van der Waals surface area (Å²) < 4.78 is 45.2. The van der Waals surface area contributed by atoms with Crippen molar-refractivity contribution >= 4 is 17.7 Å². The van der Waals surface area contributed by atoms with Gasteiger partial charge in [-0.25, -0.2) is 4.79 Å². The monoisotopic (exact) mass is 375 g/mol. The van der Waals surface area contributed by atoms with Crippen LogP contribution in [0.1, 0.15) is 18.5 Å². The van der Waals surface area contributed by atoms with Gasteiger partial charge in [0.1, 0.15) is 5.92 Å². The highest BCUT2D eigenvalue weighted by atomic mass is 19.4. The SMILES string of the molecule is CCOC(=O)[C@@H]1[C@@H](c2ccc(N(C)C)cc2)NC(=O)N[C@@]1(O)C(F)(F)F. The molecule has 1 aromatic rings. The number of aliphatic hydroxyl groups is 1. The van der Waals surface area contributed by atoms with Crippen LogP contribution < -0.4 is 15.5 Å². The number of rotatable bonds is 4. The van der Waals surface area contributed by atoms with E-state index in [0.29, 0.717) is 0 Å². The number of esters is 1. The van der Waals surface area contributed by atoms with Crippen molar-refractivity contribution in [2.24, 2.45) is 5.92 Å². The zero-order valence-corrected chi connectivity index (χ0v) is 14.4. The second kappa shape index (κ2) is 7.02. The largest absolute Gasteiger partial charge is 0.466 e. The van der Waals surface area contributed by atoms with Gasteiger partial charge in [0.25, 0.3) is 5.72 Å². The van der Waals surface area contributed by atoms with Crippen molar-refractivity contribution in [2.75, 3.05) is 25.6 Å². The number of nitrogens with zero attached hydrogens (tertiary/aromatic N) is 1. The maximum absolute atomic E-state index is 13.5. The van der Waals surface area contributed by atoms with Crippen LogP contribution in [0, 0.1) is 5.92 Å². The summed E-state index contributed by atoms with van der Waals surface area (Å²) in [6.07, 6.45) is -5.29. The first kappa shape index (κ1) is 19.8. The average Bonchev–Trinajstić information content (AvgIpc) is 2.53. The third-order valence-corrected chi connectivity index (χ3v) is 4.12. The molecular weight excluding hydrogens is 355 g/mol. The normalized spacial score (nSPS) is 25.9. The van der Waals surface area contributed by atoms with Gasteiger partial charge >= 0.3 is 18.2 Å². The van der Waals surface area contributed by atoms with Gasteiger partial charge in [0, 0.05) is 19.8 Å². The van der Waals surface area contributed by atoms with Gasteiger partial charge in [0.15, 0.2) is 0 Å². The summed E-state index contributed by atoms with van der Waals surface area (Å²) in [7, 11) is 3.57. The van der Waals surface area contributed by atoms with Crippen molar-refractivity contribution in [3.8, 4) is 0 Å². The van der Waals surface area contributed by atoms with E-state index in [2.05, 4.69) is 5.32 Å². The van der Waals surface area contributed by atoms with Gasteiger partial charge in [-0.05, 0) is 24.6 Å². The predicted octanol–water partition coefficient (Wildman–Crippen LogP) is 1.54. The molecule has 3 N–H and O–H groups in total. The smallest absolute Gasteiger partial charge is 0.437 e. The van der Waals surface area contributed by atoms with E-state index >= 15 is 0 Å². The average molecular weight is 375 g/mol. The molecule has 1 aliphatic heterocycles. The van der Waals surface area contributed by atoms with E-state index < -0.39 is 35.9 Å². The molecular formula is C16H20F3N3O4. The number of nitrogens with one attached hydrogen (secondary N) is 2. The van der Waals surface area contributed by atoms with Gasteiger partial charge in [0.05, 0.1) is 12.6 Å². The van der Waals surface area contributed by atoms with Gasteiger partial charge < -0.3 is 25.4 Å². The van der Waals surface area contributed by atoms with E-state index in [1.807, 2.05) is 0 Å². The van der Waals surface area contributed by atoms with Crippen LogP contribution in [0.15, 0.2) is 24.3 Å². The number of carbonyl (C=O) groups excluding carboxylic acids is 2. The van der Waals surface area contributed by atoms with Gasteiger partial charge in [-0.1, -0.05) is 12.1 Å². The fourth-order valence-electron chi connectivity index (χ4n) is 2.79. The minimum Gasteiger partial charge on any atom is -0.466 e. The van der Waals surface area contributed by atoms with Crippen LogP contribution in [0.4, 0.5) is 23.7 Å². The van der Waals surface area contributed by atoms with Crippen LogP contribution in [-0.2, 0) is 9.53 Å². The molecule has 0 bridgehead atoms. The molecule has 0 unspecified atom stereocenters. The number of carbonyl (C=O) groups is 2. The predicted molar refractivity (Wildman–Crippen MR) is 86.3 cm³/mol. The van der Waals surface area contributed by atoms with E-state index in [1.165, 1.54) is 24.4 Å². The highest BCUT2D eigenvalue weighted by Gasteiger charge is 2.67. The molecule has 144 valence electrons. The molecule has 0 radical (unpaired) electrons. The van der Waals surface area contributed by atoms with E-state index in [9.17, 15) is 27.9 Å². The number of halogens is 3. The Morgan fingerprint density at radius 3 is 2.35 bits per heavy atom. The zero-order valence-electron chi connectivity index (χ0n) is 14.4. The first-order chi connectivity index (χ1) is 12.0. The number of anilines is 1. The summed E-state index contributed by atoms with van der Waals surface area (Å²) in [5.74, 6) is -3.40. The molecule has 1 heterocycles. The number of urea groups is 1. The van der Waals surface area contributed by atoms with Gasteiger partial charge in [-0.2, -0.15) is 13.2 Å². The second-order valence-corrected chi connectivity index (χ2v) is 6.06. The van der Waals surface area contributed by atoms with Gasteiger partial charge in [-0.3, -0.25) is 4.79 Å². The third-order valence-electron chi connectivity index (χ3n) is 4.12. The van der Waals surface area contributed by atoms with Crippen molar-refractivity contribution in [2.45, 2.75) is 24.9 Å². The van der Waals surface area contributed by atoms with Crippen molar-refractivity contribution in [1.29, 1.82) is 0 Å². The molecule has 1 saturated heterocycles. The molecule has 2 amide bonds. The third kappa shape index (κ3) is 3.55. The summed E-state index contributed by atoms with van der Waals surface area (Å²) in [4.78, 5) is 25.8. The molecule has 7 nitrogen and oxygen atoms in total. The van der Waals surface area contributed by atoms with Crippen LogP contribution in [0.5, 0.6) is 0 Å². The lowest BCUT2D eigenvalue weighted by atomic mass is 9.82. The second-order valence-electron chi connectivity index (χ2n) is 6.06.